The van der Waals surface area contributed by atoms with Gasteiger partial charge in [0.2, 0.25) is 11.7 Å². The Bertz CT molecular complexity index is 601. The molecule has 5 nitrogen and oxygen atoms in total. The molecule has 112 valence electrons. The molecule has 3 rings (SSSR count). The second kappa shape index (κ2) is 6.58. The van der Waals surface area contributed by atoms with Gasteiger partial charge in [-0.3, -0.25) is 0 Å². The average molecular weight is 304 g/mol. The predicted octanol–water partition coefficient (Wildman–Crippen LogP) is 2.64. The molecule has 0 spiro atoms. The fourth-order valence-corrected chi connectivity index (χ4v) is 3.86. The van der Waals surface area contributed by atoms with Gasteiger partial charge in [-0.15, -0.1) is 0 Å². The lowest BCUT2D eigenvalue weighted by molar-refractivity contribution is 0.339. The van der Waals surface area contributed by atoms with Crippen molar-refractivity contribution in [3.8, 4) is 11.5 Å². The second-order valence-corrected chi connectivity index (χ2v) is 6.40. The highest BCUT2D eigenvalue weighted by Gasteiger charge is 2.33. The van der Waals surface area contributed by atoms with Gasteiger partial charge in [-0.1, -0.05) is 18.1 Å². The summed E-state index contributed by atoms with van der Waals surface area (Å²) < 4.78 is 5.50. The molecule has 1 aliphatic rings. The van der Waals surface area contributed by atoms with Crippen molar-refractivity contribution in [2.45, 2.75) is 32.2 Å². The SMILES string of the molecule is CCCNC1CSCC1c1nc(-c2cccc(C)n2)no1. The highest BCUT2D eigenvalue weighted by molar-refractivity contribution is 7.99. The Kier molecular flexibility index (Phi) is 4.55. The molecule has 0 amide bonds. The summed E-state index contributed by atoms with van der Waals surface area (Å²) in [7, 11) is 0. The highest BCUT2D eigenvalue weighted by Crippen LogP contribution is 2.32. The van der Waals surface area contributed by atoms with E-state index in [1.165, 1.54) is 0 Å². The monoisotopic (exact) mass is 304 g/mol. The molecule has 6 heteroatoms. The fourth-order valence-electron chi connectivity index (χ4n) is 2.49. The number of hydrogen-bond acceptors (Lipinski definition) is 6. The molecule has 2 unspecified atom stereocenters. The van der Waals surface area contributed by atoms with Crippen LogP contribution in [0, 0.1) is 6.92 Å². The van der Waals surface area contributed by atoms with Gasteiger partial charge < -0.3 is 9.84 Å². The minimum absolute atomic E-state index is 0.299. The number of nitrogens with one attached hydrogen (secondary N) is 1. The smallest absolute Gasteiger partial charge is 0.232 e. The van der Waals surface area contributed by atoms with Gasteiger partial charge in [-0.2, -0.15) is 16.7 Å². The lowest BCUT2D eigenvalue weighted by atomic mass is 10.0. The molecular weight excluding hydrogens is 284 g/mol. The first-order valence-corrected chi connectivity index (χ1v) is 8.52. The molecule has 1 N–H and O–H groups in total. The molecule has 0 aromatic carbocycles. The van der Waals surface area contributed by atoms with E-state index in [2.05, 4.69) is 27.4 Å². The van der Waals surface area contributed by atoms with Crippen molar-refractivity contribution >= 4 is 11.8 Å². The van der Waals surface area contributed by atoms with E-state index < -0.39 is 0 Å². The van der Waals surface area contributed by atoms with E-state index in [1.54, 1.807) is 0 Å². The lowest BCUT2D eigenvalue weighted by Gasteiger charge is -2.16. The van der Waals surface area contributed by atoms with E-state index in [0.29, 0.717) is 17.8 Å². The molecule has 3 heterocycles. The molecule has 2 atom stereocenters. The maximum absolute atomic E-state index is 5.50. The van der Waals surface area contributed by atoms with Crippen LogP contribution in [-0.2, 0) is 0 Å². The third-order valence-corrected chi connectivity index (χ3v) is 4.80. The van der Waals surface area contributed by atoms with Crippen LogP contribution in [0.3, 0.4) is 0 Å². The van der Waals surface area contributed by atoms with Gasteiger partial charge in [0, 0.05) is 23.2 Å². The van der Waals surface area contributed by atoms with E-state index in [-0.39, 0.29) is 0 Å². The number of aromatic nitrogens is 3. The van der Waals surface area contributed by atoms with Crippen LogP contribution in [0.4, 0.5) is 0 Å². The van der Waals surface area contributed by atoms with E-state index in [4.69, 9.17) is 4.52 Å². The van der Waals surface area contributed by atoms with Gasteiger partial charge in [-0.25, -0.2) is 4.98 Å². The Labute approximate surface area is 128 Å². The van der Waals surface area contributed by atoms with Crippen molar-refractivity contribution in [3.63, 3.8) is 0 Å². The van der Waals surface area contributed by atoms with Crippen LogP contribution in [0.25, 0.3) is 11.5 Å². The summed E-state index contributed by atoms with van der Waals surface area (Å²) in [5, 5.41) is 7.67. The van der Waals surface area contributed by atoms with Crippen LogP contribution in [0.1, 0.15) is 30.8 Å². The van der Waals surface area contributed by atoms with Crippen LogP contribution in [0.5, 0.6) is 0 Å². The molecule has 2 aromatic rings. The molecule has 2 aromatic heterocycles. The first-order chi connectivity index (χ1) is 10.3. The van der Waals surface area contributed by atoms with Crippen LogP contribution >= 0.6 is 11.8 Å². The molecule has 1 fully saturated rings. The molecule has 0 saturated carbocycles. The average Bonchev–Trinajstić information content (AvgIpc) is 3.13. The molecule has 0 aliphatic carbocycles. The van der Waals surface area contributed by atoms with Crippen molar-refractivity contribution in [3.05, 3.63) is 29.8 Å². The van der Waals surface area contributed by atoms with Crippen molar-refractivity contribution in [2.75, 3.05) is 18.1 Å². The van der Waals surface area contributed by atoms with E-state index in [9.17, 15) is 0 Å². The van der Waals surface area contributed by atoms with Gasteiger partial charge in [0.1, 0.15) is 5.69 Å². The standard InChI is InChI=1S/C15H20N4OS/c1-3-7-16-13-9-21-8-11(13)15-18-14(19-20-15)12-6-4-5-10(2)17-12/h4-6,11,13,16H,3,7-9H2,1-2H3. The molecule has 1 saturated heterocycles. The summed E-state index contributed by atoms with van der Waals surface area (Å²) in [5.74, 6) is 3.74. The summed E-state index contributed by atoms with van der Waals surface area (Å²) in [5.41, 5.74) is 1.73. The quantitative estimate of drug-likeness (QED) is 0.916. The molecule has 21 heavy (non-hydrogen) atoms. The Balaban J connectivity index is 1.78. The maximum atomic E-state index is 5.50. The summed E-state index contributed by atoms with van der Waals surface area (Å²) in [6.45, 7) is 5.17. The first kappa shape index (κ1) is 14.5. The zero-order chi connectivity index (χ0) is 14.7. The molecular formula is C15H20N4OS. The Morgan fingerprint density at radius 3 is 3.05 bits per heavy atom. The normalized spacial score (nSPS) is 21.8. The van der Waals surface area contributed by atoms with Gasteiger partial charge in [-0.05, 0) is 32.0 Å². The molecule has 0 radical (unpaired) electrons. The fraction of sp³-hybridized carbons (Fsp3) is 0.533. The first-order valence-electron chi connectivity index (χ1n) is 7.36. The second-order valence-electron chi connectivity index (χ2n) is 5.32. The highest BCUT2D eigenvalue weighted by atomic mass is 32.2. The topological polar surface area (TPSA) is 63.8 Å². The molecule has 1 aliphatic heterocycles. The number of aryl methyl sites for hydroxylation is 1. The van der Waals surface area contributed by atoms with Gasteiger partial charge in [0.15, 0.2) is 0 Å². The van der Waals surface area contributed by atoms with Crippen molar-refractivity contribution in [1.29, 1.82) is 0 Å². The number of nitrogens with zero attached hydrogens (tertiary/aromatic N) is 3. The summed E-state index contributed by atoms with van der Waals surface area (Å²) in [6.07, 6.45) is 1.14. The number of thioether (sulfide) groups is 1. The Hall–Kier alpha value is -1.40. The Morgan fingerprint density at radius 2 is 2.24 bits per heavy atom. The van der Waals surface area contributed by atoms with Gasteiger partial charge in [0.05, 0.1) is 5.92 Å². The van der Waals surface area contributed by atoms with Crippen LogP contribution in [-0.4, -0.2) is 39.2 Å². The largest absolute Gasteiger partial charge is 0.339 e. The van der Waals surface area contributed by atoms with Crippen LogP contribution in [0.2, 0.25) is 0 Å². The van der Waals surface area contributed by atoms with Crippen molar-refractivity contribution in [1.82, 2.24) is 20.4 Å². The van der Waals surface area contributed by atoms with Gasteiger partial charge in [0.25, 0.3) is 0 Å². The predicted molar refractivity (Wildman–Crippen MR) is 84.4 cm³/mol. The Morgan fingerprint density at radius 1 is 1.33 bits per heavy atom. The zero-order valence-corrected chi connectivity index (χ0v) is 13.2. The summed E-state index contributed by atoms with van der Waals surface area (Å²) >= 11 is 1.94. The summed E-state index contributed by atoms with van der Waals surface area (Å²) in [6, 6.07) is 6.26. The summed E-state index contributed by atoms with van der Waals surface area (Å²) in [4.78, 5) is 9.01. The van der Waals surface area contributed by atoms with Crippen LogP contribution in [0.15, 0.2) is 22.7 Å². The zero-order valence-electron chi connectivity index (χ0n) is 12.4. The third-order valence-electron chi connectivity index (χ3n) is 3.61. The lowest BCUT2D eigenvalue weighted by Crippen LogP contribution is -2.34. The maximum Gasteiger partial charge on any atom is 0.232 e. The van der Waals surface area contributed by atoms with Crippen molar-refractivity contribution in [2.24, 2.45) is 0 Å². The van der Waals surface area contributed by atoms with Crippen molar-refractivity contribution < 1.29 is 4.52 Å². The van der Waals surface area contributed by atoms with Gasteiger partial charge >= 0.3 is 0 Å². The van der Waals surface area contributed by atoms with E-state index in [0.717, 1.165) is 41.7 Å². The number of pyridine rings is 1. The van der Waals surface area contributed by atoms with E-state index >= 15 is 0 Å². The third kappa shape index (κ3) is 3.27. The van der Waals surface area contributed by atoms with Crippen LogP contribution < -0.4 is 5.32 Å². The minimum atomic E-state index is 0.299. The molecule has 0 bridgehead atoms. The minimum Gasteiger partial charge on any atom is -0.339 e. The number of rotatable bonds is 5. The van der Waals surface area contributed by atoms with E-state index in [1.807, 2.05) is 36.9 Å². The number of hydrogen-bond donors (Lipinski definition) is 1.